The molecule has 2 heterocycles. The van der Waals surface area contributed by atoms with E-state index in [4.69, 9.17) is 11.6 Å². The minimum absolute atomic E-state index is 0.0542. The molecular formula is C17H22ClN3O2. The van der Waals surface area contributed by atoms with Crippen molar-refractivity contribution in [3.8, 4) is 0 Å². The molecule has 124 valence electrons. The number of urea groups is 1. The summed E-state index contributed by atoms with van der Waals surface area (Å²) in [6.45, 7) is 4.21. The van der Waals surface area contributed by atoms with Crippen LogP contribution in [0.1, 0.15) is 26.2 Å². The Morgan fingerprint density at radius 1 is 1.26 bits per heavy atom. The maximum Gasteiger partial charge on any atom is 0.325 e. The first kappa shape index (κ1) is 16.1. The smallest absolute Gasteiger partial charge is 0.325 e. The molecule has 3 amide bonds. The fourth-order valence-corrected chi connectivity index (χ4v) is 3.52. The highest BCUT2D eigenvalue weighted by Crippen LogP contribution is 2.24. The topological polar surface area (TPSA) is 43.9 Å². The highest BCUT2D eigenvalue weighted by molar-refractivity contribution is 6.30. The van der Waals surface area contributed by atoms with Crippen LogP contribution in [0.4, 0.5) is 10.5 Å². The number of hydrogen-bond acceptors (Lipinski definition) is 2. The molecule has 0 N–H and O–H groups in total. The van der Waals surface area contributed by atoms with Gasteiger partial charge in [0.1, 0.15) is 6.54 Å². The quantitative estimate of drug-likeness (QED) is 0.852. The molecule has 1 aromatic rings. The van der Waals surface area contributed by atoms with Gasteiger partial charge in [0.25, 0.3) is 0 Å². The number of benzene rings is 1. The Hall–Kier alpha value is -1.75. The van der Waals surface area contributed by atoms with E-state index in [2.05, 4.69) is 6.92 Å². The molecule has 0 radical (unpaired) electrons. The van der Waals surface area contributed by atoms with Gasteiger partial charge < -0.3 is 9.80 Å². The van der Waals surface area contributed by atoms with Gasteiger partial charge in [0, 0.05) is 36.4 Å². The van der Waals surface area contributed by atoms with Crippen LogP contribution in [0.15, 0.2) is 24.3 Å². The molecule has 5 nitrogen and oxygen atoms in total. The summed E-state index contributed by atoms with van der Waals surface area (Å²) in [5, 5.41) is 0.604. The molecule has 1 atom stereocenters. The molecule has 0 saturated carbocycles. The van der Waals surface area contributed by atoms with Crippen LogP contribution < -0.4 is 4.90 Å². The number of amides is 3. The van der Waals surface area contributed by atoms with Crippen LogP contribution in [0.25, 0.3) is 0 Å². The Bertz CT molecular complexity index is 607. The van der Waals surface area contributed by atoms with Crippen LogP contribution in [-0.4, -0.2) is 54.0 Å². The van der Waals surface area contributed by atoms with Crippen molar-refractivity contribution in [1.82, 2.24) is 9.80 Å². The monoisotopic (exact) mass is 335 g/mol. The lowest BCUT2D eigenvalue weighted by molar-refractivity contribution is -0.134. The average molecular weight is 336 g/mol. The van der Waals surface area contributed by atoms with Gasteiger partial charge in [-0.3, -0.25) is 9.69 Å². The van der Waals surface area contributed by atoms with Gasteiger partial charge in [0.05, 0.1) is 0 Å². The van der Waals surface area contributed by atoms with Crippen molar-refractivity contribution >= 4 is 29.2 Å². The van der Waals surface area contributed by atoms with E-state index in [-0.39, 0.29) is 24.5 Å². The molecule has 0 aliphatic carbocycles. The number of rotatable bonds is 3. The van der Waals surface area contributed by atoms with Crippen molar-refractivity contribution in [3.05, 3.63) is 29.3 Å². The van der Waals surface area contributed by atoms with Crippen molar-refractivity contribution in [2.75, 3.05) is 31.1 Å². The molecule has 6 heteroatoms. The summed E-state index contributed by atoms with van der Waals surface area (Å²) in [6, 6.07) is 7.40. The van der Waals surface area contributed by atoms with E-state index >= 15 is 0 Å². The van der Waals surface area contributed by atoms with E-state index in [9.17, 15) is 9.59 Å². The second-order valence-electron chi connectivity index (χ2n) is 6.27. The molecule has 2 aliphatic rings. The van der Waals surface area contributed by atoms with Gasteiger partial charge in [-0.1, -0.05) is 17.7 Å². The molecule has 3 rings (SSSR count). The second kappa shape index (κ2) is 6.79. The third-order valence-corrected chi connectivity index (χ3v) is 4.90. The third-order valence-electron chi connectivity index (χ3n) is 4.66. The van der Waals surface area contributed by atoms with Crippen LogP contribution in [0, 0.1) is 0 Å². The Kier molecular flexibility index (Phi) is 4.76. The number of piperidine rings is 1. The van der Waals surface area contributed by atoms with Gasteiger partial charge >= 0.3 is 6.03 Å². The van der Waals surface area contributed by atoms with Crippen molar-refractivity contribution in [3.63, 3.8) is 0 Å². The fourth-order valence-electron chi connectivity index (χ4n) is 3.34. The van der Waals surface area contributed by atoms with Crippen molar-refractivity contribution in [2.24, 2.45) is 0 Å². The van der Waals surface area contributed by atoms with Crippen molar-refractivity contribution < 1.29 is 9.59 Å². The predicted molar refractivity (Wildman–Crippen MR) is 90.8 cm³/mol. The van der Waals surface area contributed by atoms with Crippen LogP contribution in [0.2, 0.25) is 5.02 Å². The lowest BCUT2D eigenvalue weighted by atomic mass is 10.0. The Morgan fingerprint density at radius 3 is 2.83 bits per heavy atom. The molecule has 2 aliphatic heterocycles. The highest BCUT2D eigenvalue weighted by atomic mass is 35.5. The van der Waals surface area contributed by atoms with Gasteiger partial charge in [-0.25, -0.2) is 4.79 Å². The lowest BCUT2D eigenvalue weighted by Crippen LogP contribution is -2.47. The third kappa shape index (κ3) is 3.44. The van der Waals surface area contributed by atoms with E-state index in [0.717, 1.165) is 25.1 Å². The summed E-state index contributed by atoms with van der Waals surface area (Å²) in [5.74, 6) is 0.0542. The Balaban J connectivity index is 1.64. The number of nitrogens with zero attached hydrogens (tertiary/aromatic N) is 3. The van der Waals surface area contributed by atoms with Crippen LogP contribution in [0.5, 0.6) is 0 Å². The summed E-state index contributed by atoms with van der Waals surface area (Å²) < 4.78 is 0. The van der Waals surface area contributed by atoms with Gasteiger partial charge in [0.15, 0.2) is 0 Å². The lowest BCUT2D eigenvalue weighted by Gasteiger charge is -2.34. The minimum atomic E-state index is -0.120. The predicted octanol–water partition coefficient (Wildman–Crippen LogP) is 2.98. The van der Waals surface area contributed by atoms with Crippen molar-refractivity contribution in [2.45, 2.75) is 32.2 Å². The van der Waals surface area contributed by atoms with Crippen LogP contribution in [0.3, 0.4) is 0 Å². The molecule has 2 fully saturated rings. The summed E-state index contributed by atoms with van der Waals surface area (Å²) in [5.41, 5.74) is 0.781. The summed E-state index contributed by atoms with van der Waals surface area (Å²) in [7, 11) is 0. The highest BCUT2D eigenvalue weighted by Gasteiger charge is 2.33. The minimum Gasteiger partial charge on any atom is -0.338 e. The van der Waals surface area contributed by atoms with E-state index in [1.54, 1.807) is 21.9 Å². The molecule has 23 heavy (non-hydrogen) atoms. The molecule has 1 aromatic carbocycles. The molecule has 0 aromatic heterocycles. The number of likely N-dealkylation sites (tertiary alicyclic amines) is 1. The van der Waals surface area contributed by atoms with E-state index in [1.807, 2.05) is 17.0 Å². The Labute approximate surface area is 141 Å². The average Bonchev–Trinajstić information content (AvgIpc) is 2.88. The van der Waals surface area contributed by atoms with Gasteiger partial charge in [0.2, 0.25) is 5.91 Å². The number of hydrogen-bond donors (Lipinski definition) is 0. The SMILES string of the molecule is C[C@H]1CCCCN1C(=O)CN1CCN(c2cccc(Cl)c2)C1=O. The van der Waals surface area contributed by atoms with Crippen LogP contribution in [-0.2, 0) is 4.79 Å². The van der Waals surface area contributed by atoms with Gasteiger partial charge in [-0.05, 0) is 44.4 Å². The summed E-state index contributed by atoms with van der Waals surface area (Å²) in [4.78, 5) is 30.3. The maximum atomic E-state index is 12.6. The van der Waals surface area contributed by atoms with E-state index in [0.29, 0.717) is 18.1 Å². The summed E-state index contributed by atoms with van der Waals surface area (Å²) >= 11 is 6.00. The standard InChI is InChI=1S/C17H22ClN3O2/c1-13-5-2-3-8-20(13)16(22)12-19-9-10-21(17(19)23)15-7-4-6-14(18)11-15/h4,6-7,11,13H,2-3,5,8-10,12H2,1H3/t13-/m0/s1. The first-order chi connectivity index (χ1) is 11.1. The first-order valence-corrected chi connectivity index (χ1v) is 8.55. The van der Waals surface area contributed by atoms with E-state index in [1.165, 1.54) is 6.42 Å². The molecular weight excluding hydrogens is 314 g/mol. The summed E-state index contributed by atoms with van der Waals surface area (Å²) in [6.07, 6.45) is 3.28. The zero-order valence-electron chi connectivity index (χ0n) is 13.4. The first-order valence-electron chi connectivity index (χ1n) is 8.18. The van der Waals surface area contributed by atoms with Gasteiger partial charge in [-0.2, -0.15) is 0 Å². The zero-order valence-corrected chi connectivity index (χ0v) is 14.1. The maximum absolute atomic E-state index is 12.6. The number of anilines is 1. The number of carbonyl (C=O) groups excluding carboxylic acids is 2. The molecule has 2 saturated heterocycles. The van der Waals surface area contributed by atoms with Gasteiger partial charge in [-0.15, -0.1) is 0 Å². The molecule has 0 unspecified atom stereocenters. The normalized spacial score (nSPS) is 21.9. The second-order valence-corrected chi connectivity index (χ2v) is 6.70. The van der Waals surface area contributed by atoms with E-state index < -0.39 is 0 Å². The molecule has 0 spiro atoms. The Morgan fingerprint density at radius 2 is 2.09 bits per heavy atom. The largest absolute Gasteiger partial charge is 0.338 e. The number of carbonyl (C=O) groups is 2. The molecule has 0 bridgehead atoms. The number of halogens is 1. The van der Waals surface area contributed by atoms with Crippen LogP contribution >= 0.6 is 11.6 Å². The van der Waals surface area contributed by atoms with Crippen molar-refractivity contribution in [1.29, 1.82) is 0 Å². The zero-order chi connectivity index (χ0) is 16.4. The fraction of sp³-hybridized carbons (Fsp3) is 0.529.